The number of benzene rings is 7. The fourth-order valence-corrected chi connectivity index (χ4v) is 10.1. The highest BCUT2D eigenvalue weighted by Gasteiger charge is 2.38. The first kappa shape index (κ1) is 113. The number of halogens is 15. The number of ether oxygens (including phenoxy) is 15. The third-order valence-electron chi connectivity index (χ3n) is 17.5. The molecule has 7 rings (SSSR count). The largest absolute Gasteiger partial charge is 0.468 e. The van der Waals surface area contributed by atoms with E-state index in [0.29, 0.717) is 80.0 Å². The third kappa shape index (κ3) is 38.0. The van der Waals surface area contributed by atoms with Crippen molar-refractivity contribution in [1.82, 2.24) is 0 Å². The summed E-state index contributed by atoms with van der Waals surface area (Å²) in [6, 6.07) is 32.9. The number of aliphatic hydroxyl groups is 1. The van der Waals surface area contributed by atoms with Crippen LogP contribution in [0.5, 0.6) is 40.2 Å². The van der Waals surface area contributed by atoms with Crippen molar-refractivity contribution in [3.63, 3.8) is 0 Å². The van der Waals surface area contributed by atoms with Crippen LogP contribution in [0.4, 0.5) is 65.9 Å². The van der Waals surface area contributed by atoms with Crippen LogP contribution in [0.2, 0.25) is 0 Å². The minimum Gasteiger partial charge on any atom is -0.468 e. The van der Waals surface area contributed by atoms with Crippen molar-refractivity contribution in [3.8, 4) is 40.2 Å². The number of esters is 2. The molecular formula is C93H111F15O18. The summed E-state index contributed by atoms with van der Waals surface area (Å²) < 4.78 is 263. The average molecular weight is 1800 g/mol. The first-order valence-corrected chi connectivity index (χ1v) is 37.8. The second kappa shape index (κ2) is 53.4. The van der Waals surface area contributed by atoms with Crippen molar-refractivity contribution in [3.05, 3.63) is 252 Å². The van der Waals surface area contributed by atoms with Gasteiger partial charge in [-0.1, -0.05) is 169 Å². The van der Waals surface area contributed by atoms with Crippen LogP contribution < -0.4 is 33.2 Å². The molecule has 7 aromatic carbocycles. The molecule has 0 radical (unpaired) electrons. The van der Waals surface area contributed by atoms with Crippen LogP contribution in [0.1, 0.15) is 163 Å². The van der Waals surface area contributed by atoms with Crippen LogP contribution in [0, 0.1) is 0 Å². The molecule has 33 heteroatoms. The van der Waals surface area contributed by atoms with Crippen LogP contribution in [0.25, 0.3) is 39.5 Å². The molecule has 126 heavy (non-hydrogen) atoms. The Balaban J connectivity index is 0.000000737. The molecule has 0 atom stereocenters. The van der Waals surface area contributed by atoms with Crippen LogP contribution in [0.3, 0.4) is 0 Å². The zero-order valence-corrected chi connectivity index (χ0v) is 73.7. The van der Waals surface area contributed by atoms with E-state index in [-0.39, 0.29) is 85.3 Å². The van der Waals surface area contributed by atoms with Gasteiger partial charge in [0.25, 0.3) is 0 Å². The van der Waals surface area contributed by atoms with Gasteiger partial charge in [-0.15, -0.1) is 0 Å². The van der Waals surface area contributed by atoms with E-state index in [9.17, 15) is 75.4 Å². The molecule has 0 bridgehead atoms. The Labute approximate surface area is 726 Å². The number of aryl methyl sites for hydroxylation is 1. The summed E-state index contributed by atoms with van der Waals surface area (Å²) in [5, 5.41) is 8.63. The highest BCUT2D eigenvalue weighted by molar-refractivity contribution is 5.93. The highest BCUT2D eigenvalue weighted by atomic mass is 19.4. The Morgan fingerprint density at radius 1 is 0.381 bits per heavy atom. The van der Waals surface area contributed by atoms with E-state index in [0.717, 1.165) is 23.1 Å². The fourth-order valence-electron chi connectivity index (χ4n) is 10.1. The van der Waals surface area contributed by atoms with Gasteiger partial charge in [0.15, 0.2) is 47.6 Å². The molecule has 7 aromatic rings. The monoisotopic (exact) mass is 1800 g/mol. The Hall–Kier alpha value is -11.1. The molecule has 0 aliphatic heterocycles. The molecule has 0 saturated carbocycles. The molecule has 0 aliphatic rings. The molecule has 0 saturated heterocycles. The number of hydrogen-bond acceptors (Lipinski definition) is 18. The molecule has 696 valence electrons. The van der Waals surface area contributed by atoms with E-state index in [4.69, 9.17) is 61.9 Å². The van der Waals surface area contributed by atoms with Crippen molar-refractivity contribution in [1.29, 1.82) is 0 Å². The third-order valence-corrected chi connectivity index (χ3v) is 17.5. The maximum Gasteiger partial charge on any atom is 0.416 e. The summed E-state index contributed by atoms with van der Waals surface area (Å²) in [7, 11) is 11.6. The zero-order chi connectivity index (χ0) is 96.5. The number of alkyl halides is 15. The normalized spacial score (nSPS) is 11.3. The minimum absolute atomic E-state index is 0.0136. The van der Waals surface area contributed by atoms with Gasteiger partial charge in [-0.3, -0.25) is 0 Å². The van der Waals surface area contributed by atoms with E-state index in [2.05, 4.69) is 60.3 Å². The Bertz CT molecular complexity index is 4650. The van der Waals surface area contributed by atoms with Gasteiger partial charge in [0.05, 0.1) is 42.1 Å². The van der Waals surface area contributed by atoms with Gasteiger partial charge in [-0.2, -0.15) is 65.9 Å². The van der Waals surface area contributed by atoms with Gasteiger partial charge in [-0.25, -0.2) is 9.59 Å². The van der Waals surface area contributed by atoms with Crippen LogP contribution in [-0.4, -0.2) is 152 Å². The summed E-state index contributed by atoms with van der Waals surface area (Å²) in [5.74, 6) is 2.40. The number of allylic oxidation sites excluding steroid dienone is 6. The molecule has 0 fully saturated rings. The average Bonchev–Trinajstić information content (AvgIpc) is 0.787. The first-order valence-electron chi connectivity index (χ1n) is 37.8. The Morgan fingerprint density at radius 3 is 1.06 bits per heavy atom. The van der Waals surface area contributed by atoms with Gasteiger partial charge in [0, 0.05) is 53.8 Å². The Morgan fingerprint density at radius 2 is 0.706 bits per heavy atom. The lowest BCUT2D eigenvalue weighted by molar-refractivity contribution is -0.0695. The van der Waals surface area contributed by atoms with Crippen LogP contribution >= 0.6 is 0 Å². The number of methoxy groups -OCH3 is 8. The summed E-state index contributed by atoms with van der Waals surface area (Å²) in [5.41, 5.74) is 1.29. The summed E-state index contributed by atoms with van der Waals surface area (Å²) in [4.78, 5) is 22.9. The van der Waals surface area contributed by atoms with Gasteiger partial charge < -0.3 is 76.2 Å². The first-order chi connectivity index (χ1) is 58.6. The number of aliphatic hydroxyl groups excluding tert-OH is 1. The summed E-state index contributed by atoms with van der Waals surface area (Å²) in [6.45, 7) is 41.8. The molecule has 1 N–H and O–H groups in total. The number of hydrogen-bond donors (Lipinski definition) is 1. The topological polar surface area (TPSA) is 193 Å². The lowest BCUT2D eigenvalue weighted by atomic mass is 9.80. The van der Waals surface area contributed by atoms with Gasteiger partial charge in [-0.05, 0) is 172 Å². The highest BCUT2D eigenvalue weighted by Crippen LogP contribution is 2.43. The van der Waals surface area contributed by atoms with Crippen molar-refractivity contribution < 1.29 is 152 Å². The predicted molar refractivity (Wildman–Crippen MR) is 456 cm³/mol. The molecule has 0 amide bonds. The van der Waals surface area contributed by atoms with E-state index >= 15 is 0 Å². The van der Waals surface area contributed by atoms with Crippen molar-refractivity contribution >= 4 is 51.5 Å². The van der Waals surface area contributed by atoms with E-state index in [1.54, 1.807) is 49.4 Å². The second-order valence-electron chi connectivity index (χ2n) is 28.4. The summed E-state index contributed by atoms with van der Waals surface area (Å²) in [6.07, 6.45) is -19.2. The van der Waals surface area contributed by atoms with Crippen molar-refractivity contribution in [2.45, 2.75) is 130 Å². The van der Waals surface area contributed by atoms with E-state index in [1.807, 2.05) is 62.3 Å². The van der Waals surface area contributed by atoms with Gasteiger partial charge in [0.1, 0.15) is 51.4 Å². The van der Waals surface area contributed by atoms with Gasteiger partial charge in [0.2, 0.25) is 0 Å². The molecule has 0 aliphatic carbocycles. The number of carbonyl (C=O) groups excluding carboxylic acids is 2. The maximum atomic E-state index is 12.8. The van der Waals surface area contributed by atoms with Crippen LogP contribution in [0.15, 0.2) is 180 Å². The molecule has 0 unspecified atom stereocenters. The molecule has 0 heterocycles. The van der Waals surface area contributed by atoms with E-state index in [1.165, 1.54) is 154 Å². The fraction of sp³-hybridized carbons (Fsp3) is 0.376. The predicted octanol–water partition coefficient (Wildman–Crippen LogP) is 24.8. The minimum atomic E-state index is -4.44. The second-order valence-corrected chi connectivity index (χ2v) is 28.4. The van der Waals surface area contributed by atoms with Crippen molar-refractivity contribution in [2.24, 2.45) is 0 Å². The number of rotatable bonds is 33. The molecule has 0 aromatic heterocycles. The molecule has 0 spiro atoms. The SMILES string of the molecule is C=C(C)c1ccc(C(=O)OC)c(OCOC)c1.C=C(c1ccc(OCO)c(CC)c1)C(F)(F)F.C=C(c1ccc(OCOC)c(C(C)(C)C)c1)C(F)(F)F.C=C(c1ccc(OCOC)c(C(C)(C)CC)c1)C(F)(F)F.C=C(c1ccc(OCOC)c(C(C)C)c1)C(F)(F)F.C=C(c1ccc(OCOC)cc1)C(F)(F)F.C=Cc1ccc(C(=O)OC)c(OCOC)c1. The van der Waals surface area contributed by atoms with E-state index < -0.39 is 77.5 Å². The standard InChI is InChI=1S/C16H21F3O2.C15H19F3O2.C14H17F3O2.C13H16O4.C12H13F3O2.C12H14O4.C11H11F3O2/c1-6-15(3,4)13-9-12(11(2)16(17,18)19)7-8-14(13)21-10-20-5;1-10(15(16,17)18)11-6-7-13(20-9-19-5)12(8-11)14(2,3)4;1-9(2)12-7-11(10(3)14(15,16)17)5-6-13(12)19-8-18-4;1-9(2)10-5-6-11(13(14)16-4)12(7-10)17-8-15-3;1-3-9-6-10(8(2)12(13,14)15)4-5-11(9)17-7-16;1-4-9-5-6-10(12(13)15-3)11(7-9)16-8-14-2;1-8(11(12,13)14)9-3-5-10(6-4-9)16-7-15-2/h7-9H,2,6,10H2,1,3-5H3;6-8H,1,9H2,2-5H3;5-7,9H,3,8H2,1-2,4H3;5-7H,1,8H2,2-4H3;4-6,16H,2-3,7H2,1H3;4-7H,1,8H2,2-3H3;3-6H,1,7H2,2H3. The van der Waals surface area contributed by atoms with Crippen LogP contribution in [-0.2, 0) is 55.1 Å². The maximum absolute atomic E-state index is 12.8. The Kier molecular flexibility index (Phi) is 47.9. The molecule has 18 nitrogen and oxygen atoms in total. The molecular weight excluding hydrogens is 1690 g/mol. The summed E-state index contributed by atoms with van der Waals surface area (Å²) >= 11 is 0. The lowest BCUT2D eigenvalue weighted by Crippen LogP contribution is -2.19. The zero-order valence-electron chi connectivity index (χ0n) is 73.7. The quantitative estimate of drug-likeness (QED) is 0.0232. The van der Waals surface area contributed by atoms with Crippen molar-refractivity contribution in [2.75, 3.05) is 104 Å². The smallest absolute Gasteiger partial charge is 0.416 e. The number of carbonyl (C=O) groups is 2. The van der Waals surface area contributed by atoms with Gasteiger partial charge >= 0.3 is 42.8 Å². The lowest BCUT2D eigenvalue weighted by Gasteiger charge is -2.27.